The number of hydrogen-bond acceptors (Lipinski definition) is 6. The molecule has 1 aliphatic heterocycles. The number of rotatable bonds is 4. The van der Waals surface area contributed by atoms with Crippen LogP contribution in [-0.2, 0) is 4.74 Å². The summed E-state index contributed by atoms with van der Waals surface area (Å²) in [5, 5.41) is 1.18. The Labute approximate surface area is 122 Å². The van der Waals surface area contributed by atoms with Crippen LogP contribution in [-0.4, -0.2) is 42.3 Å². The van der Waals surface area contributed by atoms with E-state index in [4.69, 9.17) is 10.5 Å². The van der Waals surface area contributed by atoms with Gasteiger partial charge in [0, 0.05) is 24.5 Å². The molecule has 0 aliphatic carbocycles. The van der Waals surface area contributed by atoms with E-state index in [1.165, 1.54) is 10.3 Å². The van der Waals surface area contributed by atoms with Crippen molar-refractivity contribution in [3.63, 3.8) is 0 Å². The van der Waals surface area contributed by atoms with Gasteiger partial charge in [0.15, 0.2) is 0 Å². The lowest BCUT2D eigenvalue weighted by Gasteiger charge is -2.32. The standard InChI is InChI=1S/C14H20N4OS/c1-10-8-12-13(16-9-17-14(12)20-10)18-5-2-11(3-6-18)19-7-4-15/h8-9,11H,2-7,15H2,1H3. The summed E-state index contributed by atoms with van der Waals surface area (Å²) in [5.41, 5.74) is 5.48. The first-order valence-corrected chi connectivity index (χ1v) is 7.87. The molecule has 0 unspecified atom stereocenters. The molecular formula is C14H20N4OS. The van der Waals surface area contributed by atoms with E-state index in [-0.39, 0.29) is 0 Å². The van der Waals surface area contributed by atoms with Crippen LogP contribution in [0, 0.1) is 6.92 Å². The predicted octanol–water partition coefficient (Wildman–Crippen LogP) is 1.94. The van der Waals surface area contributed by atoms with E-state index in [0.29, 0.717) is 19.3 Å². The summed E-state index contributed by atoms with van der Waals surface area (Å²) in [5.74, 6) is 1.07. The molecule has 108 valence electrons. The van der Waals surface area contributed by atoms with Crippen LogP contribution in [0.3, 0.4) is 0 Å². The van der Waals surface area contributed by atoms with Crippen molar-refractivity contribution >= 4 is 27.4 Å². The zero-order valence-corrected chi connectivity index (χ0v) is 12.5. The molecular weight excluding hydrogens is 272 g/mol. The lowest BCUT2D eigenvalue weighted by atomic mass is 10.1. The fourth-order valence-corrected chi connectivity index (χ4v) is 3.53. The number of fused-ring (bicyclic) bond motifs is 1. The molecule has 0 aromatic carbocycles. The van der Waals surface area contributed by atoms with Crippen LogP contribution < -0.4 is 10.6 Å². The number of aromatic nitrogens is 2. The summed E-state index contributed by atoms with van der Waals surface area (Å²) in [4.78, 5) is 13.6. The topological polar surface area (TPSA) is 64.3 Å². The van der Waals surface area contributed by atoms with Crippen LogP contribution in [0.4, 0.5) is 5.82 Å². The first-order valence-electron chi connectivity index (χ1n) is 7.05. The maximum Gasteiger partial charge on any atom is 0.140 e. The first-order chi connectivity index (χ1) is 9.78. The van der Waals surface area contributed by atoms with Gasteiger partial charge in [0.25, 0.3) is 0 Å². The van der Waals surface area contributed by atoms with Crippen molar-refractivity contribution in [1.82, 2.24) is 9.97 Å². The van der Waals surface area contributed by atoms with Crippen molar-refractivity contribution < 1.29 is 4.74 Å². The van der Waals surface area contributed by atoms with Crippen molar-refractivity contribution in [2.45, 2.75) is 25.9 Å². The normalized spacial score (nSPS) is 17.0. The quantitative estimate of drug-likeness (QED) is 0.933. The summed E-state index contributed by atoms with van der Waals surface area (Å²) in [6, 6.07) is 2.19. The van der Waals surface area contributed by atoms with E-state index < -0.39 is 0 Å². The highest BCUT2D eigenvalue weighted by Gasteiger charge is 2.22. The summed E-state index contributed by atoms with van der Waals surface area (Å²) < 4.78 is 5.73. The highest BCUT2D eigenvalue weighted by atomic mass is 32.1. The number of thiophene rings is 1. The van der Waals surface area contributed by atoms with E-state index in [2.05, 4.69) is 27.9 Å². The number of piperidine rings is 1. The molecule has 0 amide bonds. The van der Waals surface area contributed by atoms with Gasteiger partial charge in [-0.1, -0.05) is 0 Å². The molecule has 0 spiro atoms. The Morgan fingerprint density at radius 3 is 2.95 bits per heavy atom. The summed E-state index contributed by atoms with van der Waals surface area (Å²) >= 11 is 1.73. The molecule has 6 heteroatoms. The van der Waals surface area contributed by atoms with Gasteiger partial charge in [0.2, 0.25) is 0 Å². The molecule has 1 fully saturated rings. The van der Waals surface area contributed by atoms with Gasteiger partial charge in [-0.15, -0.1) is 11.3 Å². The second-order valence-electron chi connectivity index (χ2n) is 5.12. The molecule has 2 N–H and O–H groups in total. The van der Waals surface area contributed by atoms with Crippen LogP contribution in [0.25, 0.3) is 10.2 Å². The maximum absolute atomic E-state index is 5.73. The molecule has 3 heterocycles. The third-order valence-electron chi connectivity index (χ3n) is 3.64. The molecule has 20 heavy (non-hydrogen) atoms. The van der Waals surface area contributed by atoms with Crippen LogP contribution >= 0.6 is 11.3 Å². The summed E-state index contributed by atoms with van der Waals surface area (Å²) in [6.07, 6.45) is 4.09. The lowest BCUT2D eigenvalue weighted by molar-refractivity contribution is 0.0421. The third-order valence-corrected chi connectivity index (χ3v) is 4.60. The molecule has 1 aliphatic rings. The van der Waals surface area contributed by atoms with Crippen molar-refractivity contribution in [3.05, 3.63) is 17.3 Å². The van der Waals surface area contributed by atoms with Crippen molar-refractivity contribution in [3.8, 4) is 0 Å². The highest BCUT2D eigenvalue weighted by Crippen LogP contribution is 2.31. The number of nitrogens with zero attached hydrogens (tertiary/aromatic N) is 3. The summed E-state index contributed by atoms with van der Waals surface area (Å²) in [7, 11) is 0. The van der Waals surface area contributed by atoms with Gasteiger partial charge in [0.05, 0.1) is 18.1 Å². The van der Waals surface area contributed by atoms with E-state index in [9.17, 15) is 0 Å². The minimum atomic E-state index is 0.344. The Hall–Kier alpha value is -1.24. The minimum absolute atomic E-state index is 0.344. The third kappa shape index (κ3) is 2.77. The molecule has 1 saturated heterocycles. The average molecular weight is 292 g/mol. The Morgan fingerprint density at radius 1 is 1.40 bits per heavy atom. The molecule has 0 atom stereocenters. The van der Waals surface area contributed by atoms with E-state index in [0.717, 1.165) is 36.6 Å². The Morgan fingerprint density at radius 2 is 2.20 bits per heavy atom. The molecule has 3 rings (SSSR count). The Kier molecular flexibility index (Phi) is 4.14. The van der Waals surface area contributed by atoms with Gasteiger partial charge in [-0.3, -0.25) is 0 Å². The van der Waals surface area contributed by atoms with E-state index >= 15 is 0 Å². The van der Waals surface area contributed by atoms with Crippen LogP contribution in [0.15, 0.2) is 12.4 Å². The largest absolute Gasteiger partial charge is 0.377 e. The average Bonchev–Trinajstić information content (AvgIpc) is 2.85. The number of hydrogen-bond donors (Lipinski definition) is 1. The van der Waals surface area contributed by atoms with Crippen molar-refractivity contribution in [2.24, 2.45) is 5.73 Å². The highest BCUT2D eigenvalue weighted by molar-refractivity contribution is 7.18. The molecule has 5 nitrogen and oxygen atoms in total. The predicted molar refractivity (Wildman–Crippen MR) is 82.4 cm³/mol. The van der Waals surface area contributed by atoms with Gasteiger partial charge in [-0.2, -0.15) is 0 Å². The second kappa shape index (κ2) is 6.03. The number of nitrogens with two attached hydrogens (primary N) is 1. The van der Waals surface area contributed by atoms with Crippen LogP contribution in [0.1, 0.15) is 17.7 Å². The van der Waals surface area contributed by atoms with Gasteiger partial charge >= 0.3 is 0 Å². The zero-order valence-electron chi connectivity index (χ0n) is 11.7. The molecule has 0 radical (unpaired) electrons. The number of ether oxygens (including phenoxy) is 1. The van der Waals surface area contributed by atoms with E-state index in [1.807, 2.05) is 0 Å². The van der Waals surface area contributed by atoms with Gasteiger partial charge in [-0.25, -0.2) is 9.97 Å². The Bertz CT molecular complexity index is 578. The Balaban J connectivity index is 1.73. The zero-order chi connectivity index (χ0) is 13.9. The van der Waals surface area contributed by atoms with Gasteiger partial charge < -0.3 is 15.4 Å². The van der Waals surface area contributed by atoms with Crippen molar-refractivity contribution in [2.75, 3.05) is 31.1 Å². The number of aryl methyl sites for hydroxylation is 1. The number of anilines is 1. The maximum atomic E-state index is 5.73. The first kappa shape index (κ1) is 13.7. The van der Waals surface area contributed by atoms with Gasteiger partial charge in [-0.05, 0) is 25.8 Å². The van der Waals surface area contributed by atoms with Gasteiger partial charge in [0.1, 0.15) is 17.0 Å². The molecule has 2 aromatic heterocycles. The monoisotopic (exact) mass is 292 g/mol. The second-order valence-corrected chi connectivity index (χ2v) is 6.35. The molecule has 0 saturated carbocycles. The summed E-state index contributed by atoms with van der Waals surface area (Å²) in [6.45, 7) is 5.34. The van der Waals surface area contributed by atoms with Crippen molar-refractivity contribution in [1.29, 1.82) is 0 Å². The van der Waals surface area contributed by atoms with Crippen LogP contribution in [0.5, 0.6) is 0 Å². The fourth-order valence-electron chi connectivity index (χ4n) is 2.68. The SMILES string of the molecule is Cc1cc2c(N3CCC(OCCN)CC3)ncnc2s1. The molecule has 2 aromatic rings. The smallest absolute Gasteiger partial charge is 0.140 e. The fraction of sp³-hybridized carbons (Fsp3) is 0.571. The minimum Gasteiger partial charge on any atom is -0.377 e. The van der Waals surface area contributed by atoms with Crippen LogP contribution in [0.2, 0.25) is 0 Å². The van der Waals surface area contributed by atoms with E-state index in [1.54, 1.807) is 17.7 Å². The molecule has 0 bridgehead atoms. The lowest BCUT2D eigenvalue weighted by Crippen LogP contribution is -2.38.